The lowest BCUT2D eigenvalue weighted by molar-refractivity contribution is 0.499. The Morgan fingerprint density at radius 2 is 2.21 bits per heavy atom. The summed E-state index contributed by atoms with van der Waals surface area (Å²) in [4.78, 5) is 1.44. The Labute approximate surface area is 99.0 Å². The van der Waals surface area contributed by atoms with Crippen molar-refractivity contribution in [1.82, 2.24) is 5.32 Å². The largest absolute Gasteiger partial charge is 0.309 e. The molecule has 0 aliphatic rings. The molecule has 0 aromatic carbocycles. The quantitative estimate of drug-likeness (QED) is 0.814. The van der Waals surface area contributed by atoms with Crippen LogP contribution < -0.4 is 5.32 Å². The predicted molar refractivity (Wildman–Crippen MR) is 68.0 cm³/mol. The van der Waals surface area contributed by atoms with Crippen LogP contribution in [0.15, 0.2) is 15.9 Å². The highest BCUT2D eigenvalue weighted by Crippen LogP contribution is 2.31. The van der Waals surface area contributed by atoms with Gasteiger partial charge >= 0.3 is 0 Å². The molecule has 0 fully saturated rings. The summed E-state index contributed by atoms with van der Waals surface area (Å²) in [5.41, 5.74) is 0. The van der Waals surface area contributed by atoms with Crippen LogP contribution in [0.1, 0.15) is 44.0 Å². The van der Waals surface area contributed by atoms with Crippen LogP contribution in [0.3, 0.4) is 0 Å². The van der Waals surface area contributed by atoms with Gasteiger partial charge in [0.25, 0.3) is 0 Å². The first-order valence-electron chi connectivity index (χ1n) is 5.25. The molecule has 1 N–H and O–H groups in total. The highest BCUT2D eigenvalue weighted by molar-refractivity contribution is 9.10. The van der Waals surface area contributed by atoms with Gasteiger partial charge in [-0.05, 0) is 46.8 Å². The fourth-order valence-electron chi connectivity index (χ4n) is 1.49. The molecule has 0 saturated heterocycles. The average molecular weight is 276 g/mol. The van der Waals surface area contributed by atoms with Gasteiger partial charge in [0.1, 0.15) is 0 Å². The van der Waals surface area contributed by atoms with E-state index in [2.05, 4.69) is 46.5 Å². The molecule has 0 aliphatic heterocycles. The van der Waals surface area contributed by atoms with Crippen molar-refractivity contribution in [1.29, 1.82) is 0 Å². The Morgan fingerprint density at radius 3 is 2.71 bits per heavy atom. The van der Waals surface area contributed by atoms with Crippen LogP contribution in [0, 0.1) is 0 Å². The lowest BCUT2D eigenvalue weighted by Gasteiger charge is -2.16. The molecule has 1 aromatic heterocycles. The number of halogens is 1. The summed E-state index contributed by atoms with van der Waals surface area (Å²) in [5, 5.41) is 5.74. The summed E-state index contributed by atoms with van der Waals surface area (Å²) in [6.45, 7) is 5.55. The van der Waals surface area contributed by atoms with Gasteiger partial charge in [0, 0.05) is 15.4 Å². The van der Waals surface area contributed by atoms with Crippen molar-refractivity contribution in [3.05, 3.63) is 20.8 Å². The summed E-state index contributed by atoms with van der Waals surface area (Å²) < 4.78 is 1.25. The topological polar surface area (TPSA) is 12.0 Å². The van der Waals surface area contributed by atoms with Gasteiger partial charge in [-0.25, -0.2) is 0 Å². The Kier molecular flexibility index (Phi) is 5.75. The molecule has 0 bridgehead atoms. The smallest absolute Gasteiger partial charge is 0.0426 e. The van der Waals surface area contributed by atoms with Crippen LogP contribution in [0.25, 0.3) is 0 Å². The van der Waals surface area contributed by atoms with Gasteiger partial charge in [-0.1, -0.05) is 20.3 Å². The normalized spacial score (nSPS) is 13.1. The molecule has 1 atom stereocenters. The summed E-state index contributed by atoms with van der Waals surface area (Å²) in [6, 6.07) is 2.67. The van der Waals surface area contributed by atoms with E-state index in [1.54, 1.807) is 0 Å². The molecule has 14 heavy (non-hydrogen) atoms. The second-order valence-electron chi connectivity index (χ2n) is 3.43. The summed E-state index contributed by atoms with van der Waals surface area (Å²) in [5.74, 6) is 0. The monoisotopic (exact) mass is 275 g/mol. The molecule has 0 spiro atoms. The zero-order valence-corrected chi connectivity index (χ0v) is 11.2. The summed E-state index contributed by atoms with van der Waals surface area (Å²) in [7, 11) is 0. The summed E-state index contributed by atoms with van der Waals surface area (Å²) in [6.07, 6.45) is 3.65. The van der Waals surface area contributed by atoms with Crippen molar-refractivity contribution in [2.24, 2.45) is 0 Å². The predicted octanol–water partition coefficient (Wildman–Crippen LogP) is 4.35. The fraction of sp³-hybridized carbons (Fsp3) is 0.636. The third-order valence-corrected chi connectivity index (χ3v) is 4.16. The molecule has 1 unspecified atom stereocenters. The van der Waals surface area contributed by atoms with Crippen molar-refractivity contribution in [3.63, 3.8) is 0 Å². The molecule has 1 aromatic rings. The number of thiophene rings is 1. The van der Waals surface area contributed by atoms with Gasteiger partial charge in [0.2, 0.25) is 0 Å². The van der Waals surface area contributed by atoms with E-state index < -0.39 is 0 Å². The number of rotatable bonds is 6. The van der Waals surface area contributed by atoms with E-state index in [0.29, 0.717) is 6.04 Å². The van der Waals surface area contributed by atoms with Gasteiger partial charge in [-0.3, -0.25) is 0 Å². The van der Waals surface area contributed by atoms with Crippen molar-refractivity contribution < 1.29 is 0 Å². The standard InChI is InChI=1S/C11H18BrNS/c1-3-5-10(13-7-4-2)11-9(12)6-8-14-11/h6,8,10,13H,3-5,7H2,1-2H3. The number of hydrogen-bond acceptors (Lipinski definition) is 2. The molecular weight excluding hydrogens is 258 g/mol. The van der Waals surface area contributed by atoms with Gasteiger partial charge in [-0.15, -0.1) is 11.3 Å². The maximum Gasteiger partial charge on any atom is 0.0426 e. The van der Waals surface area contributed by atoms with E-state index in [0.717, 1.165) is 6.54 Å². The molecular formula is C11H18BrNS. The minimum absolute atomic E-state index is 0.536. The second-order valence-corrected chi connectivity index (χ2v) is 5.23. The average Bonchev–Trinajstić information content (AvgIpc) is 2.59. The Bertz CT molecular complexity index is 260. The molecule has 0 amide bonds. The van der Waals surface area contributed by atoms with Gasteiger partial charge in [0.15, 0.2) is 0 Å². The maximum absolute atomic E-state index is 3.60. The van der Waals surface area contributed by atoms with Crippen molar-refractivity contribution in [3.8, 4) is 0 Å². The number of nitrogens with one attached hydrogen (secondary N) is 1. The van der Waals surface area contributed by atoms with Crippen LogP contribution in [0.4, 0.5) is 0 Å². The summed E-state index contributed by atoms with van der Waals surface area (Å²) >= 11 is 5.44. The minimum Gasteiger partial charge on any atom is -0.309 e. The van der Waals surface area contributed by atoms with E-state index in [1.165, 1.54) is 28.6 Å². The second kappa shape index (κ2) is 6.59. The van der Waals surface area contributed by atoms with E-state index >= 15 is 0 Å². The molecule has 3 heteroatoms. The SMILES string of the molecule is CCCNC(CCC)c1sccc1Br. The molecule has 80 valence electrons. The minimum atomic E-state index is 0.536. The fourth-order valence-corrected chi connectivity index (χ4v) is 3.25. The van der Waals surface area contributed by atoms with Gasteiger partial charge in [-0.2, -0.15) is 0 Å². The first-order chi connectivity index (χ1) is 6.79. The Balaban J connectivity index is 2.62. The molecule has 1 heterocycles. The van der Waals surface area contributed by atoms with Crippen molar-refractivity contribution in [2.45, 2.75) is 39.2 Å². The van der Waals surface area contributed by atoms with Crippen LogP contribution in [-0.4, -0.2) is 6.54 Å². The Morgan fingerprint density at radius 1 is 1.43 bits per heavy atom. The molecule has 1 rings (SSSR count). The van der Waals surface area contributed by atoms with Crippen molar-refractivity contribution >= 4 is 27.3 Å². The van der Waals surface area contributed by atoms with Crippen LogP contribution in [0.2, 0.25) is 0 Å². The lowest BCUT2D eigenvalue weighted by atomic mass is 10.1. The van der Waals surface area contributed by atoms with Gasteiger partial charge < -0.3 is 5.32 Å². The first-order valence-corrected chi connectivity index (χ1v) is 6.93. The molecule has 1 nitrogen and oxygen atoms in total. The highest BCUT2D eigenvalue weighted by Gasteiger charge is 2.13. The maximum atomic E-state index is 3.60. The van der Waals surface area contributed by atoms with Crippen molar-refractivity contribution in [2.75, 3.05) is 6.54 Å². The Hall–Kier alpha value is 0.140. The van der Waals surface area contributed by atoms with E-state index in [4.69, 9.17) is 0 Å². The zero-order chi connectivity index (χ0) is 10.4. The molecule has 0 saturated carbocycles. The van der Waals surface area contributed by atoms with Gasteiger partial charge in [0.05, 0.1) is 0 Å². The zero-order valence-electron chi connectivity index (χ0n) is 8.85. The van der Waals surface area contributed by atoms with Crippen LogP contribution in [0.5, 0.6) is 0 Å². The first kappa shape index (κ1) is 12.2. The number of hydrogen-bond donors (Lipinski definition) is 1. The van der Waals surface area contributed by atoms with E-state index in [1.807, 2.05) is 11.3 Å². The lowest BCUT2D eigenvalue weighted by Crippen LogP contribution is -2.21. The molecule has 0 radical (unpaired) electrons. The van der Waals surface area contributed by atoms with E-state index in [-0.39, 0.29) is 0 Å². The van der Waals surface area contributed by atoms with Crippen LogP contribution in [-0.2, 0) is 0 Å². The highest BCUT2D eigenvalue weighted by atomic mass is 79.9. The van der Waals surface area contributed by atoms with Crippen LogP contribution >= 0.6 is 27.3 Å². The third kappa shape index (κ3) is 3.37. The third-order valence-electron chi connectivity index (χ3n) is 2.18. The molecule has 0 aliphatic carbocycles. The van der Waals surface area contributed by atoms with E-state index in [9.17, 15) is 0 Å².